The molecular formula is C21H29N3OS. The fraction of sp³-hybridized carbons (Fsp3) is 0.476. The molecule has 0 amide bonds. The smallest absolute Gasteiger partial charge is 0.0822 e. The Bertz CT molecular complexity index is 665. The number of hydrogen-bond donors (Lipinski definition) is 1. The molecule has 1 N–H and O–H groups in total. The normalized spacial score (nSPS) is 21.2. The van der Waals surface area contributed by atoms with Gasteiger partial charge in [-0.1, -0.05) is 18.2 Å². The maximum absolute atomic E-state index is 10.7. The Hall–Kier alpha value is -1.40. The van der Waals surface area contributed by atoms with E-state index >= 15 is 0 Å². The molecule has 0 radical (unpaired) electrons. The predicted octanol–water partition coefficient (Wildman–Crippen LogP) is 2.91. The number of piperidine rings is 1. The maximum Gasteiger partial charge on any atom is 0.0822 e. The minimum absolute atomic E-state index is 0.230. The highest BCUT2D eigenvalue weighted by Gasteiger charge is 2.30. The first-order valence-corrected chi connectivity index (χ1v) is 10.5. The number of aliphatic hydroxyl groups is 1. The van der Waals surface area contributed by atoms with Crippen molar-refractivity contribution in [2.45, 2.75) is 36.4 Å². The highest BCUT2D eigenvalue weighted by molar-refractivity contribution is 7.98. The lowest BCUT2D eigenvalue weighted by molar-refractivity contribution is -0.00619. The van der Waals surface area contributed by atoms with Crippen molar-refractivity contribution in [1.29, 1.82) is 0 Å². The summed E-state index contributed by atoms with van der Waals surface area (Å²) in [6, 6.07) is 15.0. The van der Waals surface area contributed by atoms with Crippen LogP contribution in [0.1, 0.15) is 17.7 Å². The summed E-state index contributed by atoms with van der Waals surface area (Å²) in [5, 5.41) is 10.7. The summed E-state index contributed by atoms with van der Waals surface area (Å²) >= 11 is 1.77. The van der Waals surface area contributed by atoms with Crippen LogP contribution in [0.4, 0.5) is 0 Å². The monoisotopic (exact) mass is 371 g/mol. The van der Waals surface area contributed by atoms with Gasteiger partial charge in [-0.2, -0.15) is 0 Å². The number of pyridine rings is 1. The van der Waals surface area contributed by atoms with Gasteiger partial charge in [0.15, 0.2) is 0 Å². The molecule has 0 spiro atoms. The standard InChI is InChI=1S/C21H29N3OS/c1-23(13-10-18-5-3-4-12-22-18)20-11-14-24(16-21(20)25)15-17-6-8-19(26-2)9-7-17/h3-9,12,20-21,25H,10-11,13-16H2,1-2H3/t20-,21-/m1/s1. The van der Waals surface area contributed by atoms with Crippen LogP contribution in [-0.4, -0.2) is 65.0 Å². The maximum atomic E-state index is 10.7. The number of rotatable bonds is 7. The largest absolute Gasteiger partial charge is 0.390 e. The molecule has 0 unspecified atom stereocenters. The minimum Gasteiger partial charge on any atom is -0.390 e. The second kappa shape index (κ2) is 9.51. The van der Waals surface area contributed by atoms with Crippen molar-refractivity contribution in [2.75, 3.05) is 32.9 Å². The predicted molar refractivity (Wildman–Crippen MR) is 108 cm³/mol. The average molecular weight is 372 g/mol. The minimum atomic E-state index is -0.303. The average Bonchev–Trinajstić information content (AvgIpc) is 2.68. The number of nitrogens with zero attached hydrogens (tertiary/aromatic N) is 3. The summed E-state index contributed by atoms with van der Waals surface area (Å²) in [5.41, 5.74) is 2.43. The van der Waals surface area contributed by atoms with Gasteiger partial charge in [0.05, 0.1) is 6.10 Å². The van der Waals surface area contributed by atoms with Crippen molar-refractivity contribution in [1.82, 2.24) is 14.8 Å². The van der Waals surface area contributed by atoms with Gasteiger partial charge in [-0.05, 0) is 49.6 Å². The zero-order chi connectivity index (χ0) is 18.4. The Morgan fingerprint density at radius 1 is 1.23 bits per heavy atom. The molecule has 5 heteroatoms. The van der Waals surface area contributed by atoms with Crippen LogP contribution in [0.5, 0.6) is 0 Å². The molecular weight excluding hydrogens is 342 g/mol. The first kappa shape index (κ1) is 19.4. The summed E-state index contributed by atoms with van der Waals surface area (Å²) in [6.07, 6.45) is 5.56. The second-order valence-corrected chi connectivity index (χ2v) is 7.94. The number of aromatic nitrogens is 1. The van der Waals surface area contributed by atoms with Crippen LogP contribution in [0, 0.1) is 0 Å². The van der Waals surface area contributed by atoms with Gasteiger partial charge in [0, 0.05) is 55.4 Å². The van der Waals surface area contributed by atoms with E-state index in [4.69, 9.17) is 0 Å². The van der Waals surface area contributed by atoms with Crippen molar-refractivity contribution in [2.24, 2.45) is 0 Å². The van der Waals surface area contributed by atoms with E-state index in [0.717, 1.165) is 44.7 Å². The number of thioether (sulfide) groups is 1. The molecule has 0 bridgehead atoms. The van der Waals surface area contributed by atoms with Gasteiger partial charge < -0.3 is 10.0 Å². The molecule has 1 aliphatic heterocycles. The molecule has 26 heavy (non-hydrogen) atoms. The van der Waals surface area contributed by atoms with E-state index in [-0.39, 0.29) is 12.1 Å². The van der Waals surface area contributed by atoms with Crippen LogP contribution in [0.3, 0.4) is 0 Å². The summed E-state index contributed by atoms with van der Waals surface area (Å²) in [5.74, 6) is 0. The number of benzene rings is 1. The van der Waals surface area contributed by atoms with Gasteiger partial charge in [0.2, 0.25) is 0 Å². The summed E-state index contributed by atoms with van der Waals surface area (Å²) in [7, 11) is 2.12. The highest BCUT2D eigenvalue weighted by atomic mass is 32.2. The van der Waals surface area contributed by atoms with Gasteiger partial charge in [-0.25, -0.2) is 0 Å². The molecule has 1 saturated heterocycles. The fourth-order valence-corrected chi connectivity index (χ4v) is 4.04. The van der Waals surface area contributed by atoms with Crippen molar-refractivity contribution >= 4 is 11.8 Å². The van der Waals surface area contributed by atoms with Gasteiger partial charge in [0.1, 0.15) is 0 Å². The van der Waals surface area contributed by atoms with Crippen LogP contribution in [0.15, 0.2) is 53.6 Å². The van der Waals surface area contributed by atoms with Gasteiger partial charge >= 0.3 is 0 Å². The van der Waals surface area contributed by atoms with E-state index in [9.17, 15) is 5.11 Å². The third kappa shape index (κ3) is 5.30. The quantitative estimate of drug-likeness (QED) is 0.758. The summed E-state index contributed by atoms with van der Waals surface area (Å²) < 4.78 is 0. The van der Waals surface area contributed by atoms with E-state index in [1.165, 1.54) is 10.5 Å². The van der Waals surface area contributed by atoms with Crippen LogP contribution >= 0.6 is 11.8 Å². The zero-order valence-corrected chi connectivity index (χ0v) is 16.5. The van der Waals surface area contributed by atoms with Crippen molar-refractivity contribution < 1.29 is 5.11 Å². The van der Waals surface area contributed by atoms with E-state index in [0.29, 0.717) is 0 Å². The van der Waals surface area contributed by atoms with E-state index < -0.39 is 0 Å². The van der Waals surface area contributed by atoms with Crippen molar-refractivity contribution in [3.05, 3.63) is 59.9 Å². The summed E-state index contributed by atoms with van der Waals surface area (Å²) in [6.45, 7) is 3.60. The molecule has 2 atom stereocenters. The van der Waals surface area contributed by atoms with Crippen LogP contribution in [0.2, 0.25) is 0 Å². The molecule has 1 fully saturated rings. The number of likely N-dealkylation sites (N-methyl/N-ethyl adjacent to an activating group) is 1. The second-order valence-electron chi connectivity index (χ2n) is 7.06. The Balaban J connectivity index is 1.47. The molecule has 1 aliphatic rings. The first-order chi connectivity index (χ1) is 12.7. The highest BCUT2D eigenvalue weighted by Crippen LogP contribution is 2.20. The molecule has 4 nitrogen and oxygen atoms in total. The zero-order valence-electron chi connectivity index (χ0n) is 15.7. The molecule has 0 aliphatic carbocycles. The molecule has 3 rings (SSSR count). The third-order valence-electron chi connectivity index (χ3n) is 5.21. The van der Waals surface area contributed by atoms with Crippen molar-refractivity contribution in [3.63, 3.8) is 0 Å². The molecule has 1 aromatic heterocycles. The Kier molecular flexibility index (Phi) is 7.08. The number of β-amino-alcohol motifs (C(OH)–C–C–N with tert-alkyl or cyclic N) is 1. The number of likely N-dealkylation sites (tertiary alicyclic amines) is 1. The summed E-state index contributed by atoms with van der Waals surface area (Å²) in [4.78, 5) is 10.3. The third-order valence-corrected chi connectivity index (χ3v) is 5.95. The lowest BCUT2D eigenvalue weighted by Crippen LogP contribution is -2.53. The number of aliphatic hydroxyl groups excluding tert-OH is 1. The van der Waals surface area contributed by atoms with E-state index in [1.807, 2.05) is 18.3 Å². The van der Waals surface area contributed by atoms with Gasteiger partial charge in [-0.15, -0.1) is 11.8 Å². The van der Waals surface area contributed by atoms with Crippen LogP contribution in [-0.2, 0) is 13.0 Å². The topological polar surface area (TPSA) is 39.6 Å². The Labute approximate surface area is 161 Å². The molecule has 0 saturated carbocycles. The SMILES string of the molecule is CSc1ccc(CN2CC[C@@H](N(C)CCc3ccccn3)[C@H](O)C2)cc1. The van der Waals surface area contributed by atoms with Crippen LogP contribution in [0.25, 0.3) is 0 Å². The van der Waals surface area contributed by atoms with Gasteiger partial charge in [-0.3, -0.25) is 9.88 Å². The molecule has 2 aromatic rings. The molecule has 2 heterocycles. The lowest BCUT2D eigenvalue weighted by Gasteiger charge is -2.40. The van der Waals surface area contributed by atoms with Crippen molar-refractivity contribution in [3.8, 4) is 0 Å². The van der Waals surface area contributed by atoms with E-state index in [2.05, 4.69) is 58.4 Å². The number of hydrogen-bond acceptors (Lipinski definition) is 5. The lowest BCUT2D eigenvalue weighted by atomic mass is 9.99. The van der Waals surface area contributed by atoms with Crippen LogP contribution < -0.4 is 0 Å². The first-order valence-electron chi connectivity index (χ1n) is 9.29. The molecule has 1 aromatic carbocycles. The van der Waals surface area contributed by atoms with Gasteiger partial charge in [0.25, 0.3) is 0 Å². The fourth-order valence-electron chi connectivity index (χ4n) is 3.63. The molecule has 140 valence electrons. The Morgan fingerprint density at radius 2 is 2.04 bits per heavy atom. The van der Waals surface area contributed by atoms with E-state index in [1.54, 1.807) is 11.8 Å². The Morgan fingerprint density at radius 3 is 2.69 bits per heavy atom.